The summed E-state index contributed by atoms with van der Waals surface area (Å²) < 4.78 is 0. The lowest BCUT2D eigenvalue weighted by molar-refractivity contribution is -0.139. The van der Waals surface area contributed by atoms with Gasteiger partial charge in [0.25, 0.3) is 0 Å². The van der Waals surface area contributed by atoms with Gasteiger partial charge in [-0.15, -0.1) is 0 Å². The third-order valence-electron chi connectivity index (χ3n) is 7.65. The van der Waals surface area contributed by atoms with Gasteiger partial charge in [-0.2, -0.15) is 0 Å². The summed E-state index contributed by atoms with van der Waals surface area (Å²) in [5, 5.41) is 3.36. The van der Waals surface area contributed by atoms with Gasteiger partial charge >= 0.3 is 0 Å². The van der Waals surface area contributed by atoms with Crippen LogP contribution in [0.5, 0.6) is 0 Å². The van der Waals surface area contributed by atoms with Crippen LogP contribution in [-0.2, 0) is 11.2 Å². The Labute approximate surface area is 182 Å². The molecule has 1 amide bonds. The van der Waals surface area contributed by atoms with Gasteiger partial charge in [-0.1, -0.05) is 30.3 Å². The molecular formula is C25H40N4O. The molecule has 0 aromatic heterocycles. The van der Waals surface area contributed by atoms with Crippen molar-refractivity contribution in [1.82, 2.24) is 20.0 Å². The highest BCUT2D eigenvalue weighted by molar-refractivity contribution is 5.79. The van der Waals surface area contributed by atoms with Crippen molar-refractivity contribution >= 4 is 5.91 Å². The maximum absolute atomic E-state index is 13.1. The van der Waals surface area contributed by atoms with E-state index in [2.05, 4.69) is 50.3 Å². The van der Waals surface area contributed by atoms with Crippen molar-refractivity contribution in [2.24, 2.45) is 5.92 Å². The molecule has 0 radical (unpaired) electrons. The molecule has 3 heterocycles. The minimum atomic E-state index is 0.223. The molecule has 3 fully saturated rings. The molecule has 0 aliphatic carbocycles. The van der Waals surface area contributed by atoms with Gasteiger partial charge < -0.3 is 15.1 Å². The summed E-state index contributed by atoms with van der Waals surface area (Å²) in [7, 11) is 2.04. The first-order valence-electron chi connectivity index (χ1n) is 12.2. The molecule has 1 aromatic rings. The van der Waals surface area contributed by atoms with Crippen molar-refractivity contribution in [3.63, 3.8) is 0 Å². The Morgan fingerprint density at radius 3 is 2.40 bits per heavy atom. The first-order valence-corrected chi connectivity index (χ1v) is 12.2. The summed E-state index contributed by atoms with van der Waals surface area (Å²) >= 11 is 0. The maximum atomic E-state index is 13.1. The van der Waals surface area contributed by atoms with Crippen molar-refractivity contribution in [3.8, 4) is 0 Å². The first kappa shape index (κ1) is 21.8. The number of carbonyl (C=O) groups excluding carboxylic acids is 1. The standard InChI is InChI=1S/C25H40N4O/c1-26-23-10-18-28(19-11-23)25(30)22-8-5-14-29(20-22)24-12-16-27(17-13-24)15-9-21-6-3-2-4-7-21/h2-4,6-7,22-24,26H,5,8-20H2,1H3/t22-/m1/s1. The number of hydrogen-bond donors (Lipinski definition) is 1. The fraction of sp³-hybridized carbons (Fsp3) is 0.720. The molecule has 5 nitrogen and oxygen atoms in total. The van der Waals surface area contributed by atoms with E-state index < -0.39 is 0 Å². The maximum Gasteiger partial charge on any atom is 0.226 e. The molecule has 0 unspecified atom stereocenters. The fourth-order valence-electron chi connectivity index (χ4n) is 5.63. The van der Waals surface area contributed by atoms with Crippen LogP contribution in [0.4, 0.5) is 0 Å². The summed E-state index contributed by atoms with van der Waals surface area (Å²) in [4.78, 5) is 20.5. The van der Waals surface area contributed by atoms with E-state index in [1.807, 2.05) is 7.05 Å². The topological polar surface area (TPSA) is 38.8 Å². The van der Waals surface area contributed by atoms with Gasteiger partial charge in [-0.3, -0.25) is 9.69 Å². The largest absolute Gasteiger partial charge is 0.342 e. The number of hydrogen-bond acceptors (Lipinski definition) is 4. The molecule has 3 saturated heterocycles. The van der Waals surface area contributed by atoms with Crippen LogP contribution >= 0.6 is 0 Å². The normalized spacial score (nSPS) is 25.5. The molecule has 3 aliphatic rings. The van der Waals surface area contributed by atoms with Crippen LogP contribution < -0.4 is 5.32 Å². The molecule has 5 heteroatoms. The molecule has 4 rings (SSSR count). The summed E-state index contributed by atoms with van der Waals surface area (Å²) in [5.74, 6) is 0.649. The van der Waals surface area contributed by atoms with E-state index in [1.165, 1.54) is 51.0 Å². The van der Waals surface area contributed by atoms with Gasteiger partial charge in [0.05, 0.1) is 5.92 Å². The lowest BCUT2D eigenvalue weighted by atomic mass is 9.92. The predicted molar refractivity (Wildman–Crippen MR) is 123 cm³/mol. The molecule has 166 valence electrons. The van der Waals surface area contributed by atoms with Crippen LogP contribution in [-0.4, -0.2) is 85.6 Å². The van der Waals surface area contributed by atoms with Crippen LogP contribution in [0.15, 0.2) is 30.3 Å². The SMILES string of the molecule is CNC1CCN(C(=O)[C@@H]2CCCN(C3CCN(CCc4ccccc4)CC3)C2)CC1. The molecule has 30 heavy (non-hydrogen) atoms. The van der Waals surface area contributed by atoms with Crippen molar-refractivity contribution < 1.29 is 4.79 Å². The number of carbonyl (C=O) groups is 1. The number of benzene rings is 1. The highest BCUT2D eigenvalue weighted by Crippen LogP contribution is 2.26. The van der Waals surface area contributed by atoms with E-state index in [9.17, 15) is 4.79 Å². The van der Waals surface area contributed by atoms with Crippen LogP contribution in [0.1, 0.15) is 44.1 Å². The smallest absolute Gasteiger partial charge is 0.226 e. The summed E-state index contributed by atoms with van der Waals surface area (Å²) in [6.45, 7) is 7.59. The Morgan fingerprint density at radius 2 is 1.70 bits per heavy atom. The highest BCUT2D eigenvalue weighted by Gasteiger charge is 2.34. The van der Waals surface area contributed by atoms with E-state index >= 15 is 0 Å². The van der Waals surface area contributed by atoms with E-state index in [0.717, 1.165) is 45.3 Å². The van der Waals surface area contributed by atoms with Crippen LogP contribution in [0.2, 0.25) is 0 Å². The number of nitrogens with one attached hydrogen (secondary N) is 1. The van der Waals surface area contributed by atoms with Crippen LogP contribution in [0.25, 0.3) is 0 Å². The van der Waals surface area contributed by atoms with Gasteiger partial charge in [0.1, 0.15) is 0 Å². The molecule has 0 spiro atoms. The summed E-state index contributed by atoms with van der Waals surface area (Å²) in [6.07, 6.45) is 8.11. The number of amides is 1. The van der Waals surface area contributed by atoms with Crippen molar-refractivity contribution in [1.29, 1.82) is 0 Å². The third-order valence-corrected chi connectivity index (χ3v) is 7.65. The van der Waals surface area contributed by atoms with E-state index in [1.54, 1.807) is 0 Å². The third kappa shape index (κ3) is 5.63. The van der Waals surface area contributed by atoms with Gasteiger partial charge in [0.15, 0.2) is 0 Å². The molecule has 0 bridgehead atoms. The zero-order valence-corrected chi connectivity index (χ0v) is 18.8. The number of piperidine rings is 3. The second-order valence-corrected chi connectivity index (χ2v) is 9.53. The summed E-state index contributed by atoms with van der Waals surface area (Å²) in [6, 6.07) is 12.1. The fourth-order valence-corrected chi connectivity index (χ4v) is 5.63. The Balaban J connectivity index is 1.21. The Kier molecular flexibility index (Phi) is 7.80. The van der Waals surface area contributed by atoms with E-state index in [0.29, 0.717) is 18.0 Å². The van der Waals surface area contributed by atoms with E-state index in [4.69, 9.17) is 0 Å². The number of rotatable bonds is 6. The van der Waals surface area contributed by atoms with Crippen molar-refractivity contribution in [2.45, 2.75) is 57.0 Å². The number of nitrogens with zero attached hydrogens (tertiary/aromatic N) is 3. The van der Waals surface area contributed by atoms with Gasteiger partial charge in [0, 0.05) is 38.3 Å². The first-order chi connectivity index (χ1) is 14.7. The van der Waals surface area contributed by atoms with Crippen molar-refractivity contribution in [3.05, 3.63) is 35.9 Å². The molecular weight excluding hydrogens is 372 g/mol. The Hall–Kier alpha value is -1.43. The summed E-state index contributed by atoms with van der Waals surface area (Å²) in [5.41, 5.74) is 1.44. The highest BCUT2D eigenvalue weighted by atomic mass is 16.2. The van der Waals surface area contributed by atoms with Crippen LogP contribution in [0.3, 0.4) is 0 Å². The molecule has 1 N–H and O–H groups in total. The second-order valence-electron chi connectivity index (χ2n) is 9.53. The lowest BCUT2D eigenvalue weighted by Crippen LogP contribution is -2.52. The van der Waals surface area contributed by atoms with Gasteiger partial charge in [-0.05, 0) is 77.2 Å². The molecule has 1 aromatic carbocycles. The van der Waals surface area contributed by atoms with Gasteiger partial charge in [0.2, 0.25) is 5.91 Å². The molecule has 3 aliphatic heterocycles. The monoisotopic (exact) mass is 412 g/mol. The number of likely N-dealkylation sites (tertiary alicyclic amines) is 3. The van der Waals surface area contributed by atoms with Gasteiger partial charge in [-0.25, -0.2) is 0 Å². The quantitative estimate of drug-likeness (QED) is 0.780. The predicted octanol–water partition coefficient (Wildman–Crippen LogP) is 2.62. The lowest BCUT2D eigenvalue weighted by Gasteiger charge is -2.43. The van der Waals surface area contributed by atoms with Crippen LogP contribution in [0, 0.1) is 5.92 Å². The zero-order valence-electron chi connectivity index (χ0n) is 18.8. The molecule has 1 atom stereocenters. The zero-order chi connectivity index (χ0) is 20.8. The Bertz CT molecular complexity index is 650. The van der Waals surface area contributed by atoms with Crippen molar-refractivity contribution in [2.75, 3.05) is 52.9 Å². The minimum Gasteiger partial charge on any atom is -0.342 e. The average molecular weight is 413 g/mol. The molecule has 0 saturated carbocycles. The minimum absolute atomic E-state index is 0.223. The average Bonchev–Trinajstić information content (AvgIpc) is 2.83. The Morgan fingerprint density at radius 1 is 0.967 bits per heavy atom. The second kappa shape index (κ2) is 10.7. The van der Waals surface area contributed by atoms with E-state index in [-0.39, 0.29) is 5.92 Å².